The van der Waals surface area contributed by atoms with Crippen LogP contribution in [-0.2, 0) is 14.3 Å². The molecule has 19 heavy (non-hydrogen) atoms. The monoisotopic (exact) mass is 271 g/mol. The summed E-state index contributed by atoms with van der Waals surface area (Å²) in [6.45, 7) is 7.44. The van der Waals surface area contributed by atoms with E-state index in [1.54, 1.807) is 4.90 Å². The van der Waals surface area contributed by atoms with Crippen molar-refractivity contribution in [1.29, 1.82) is 0 Å². The Kier molecular flexibility index (Phi) is 6.24. The number of morpholine rings is 1. The maximum atomic E-state index is 12.4. The zero-order chi connectivity index (χ0) is 14.4. The minimum absolute atomic E-state index is 0.102. The fourth-order valence-electron chi connectivity index (χ4n) is 2.07. The van der Waals surface area contributed by atoms with Crippen LogP contribution >= 0.6 is 0 Å². The van der Waals surface area contributed by atoms with Crippen LogP contribution in [0.3, 0.4) is 0 Å². The van der Waals surface area contributed by atoms with Crippen molar-refractivity contribution < 1.29 is 14.3 Å². The molecule has 3 atom stereocenters. The van der Waals surface area contributed by atoms with Crippen LogP contribution in [0.2, 0.25) is 0 Å². The topological polar surface area (TPSA) is 84.7 Å². The van der Waals surface area contributed by atoms with Gasteiger partial charge in [0.2, 0.25) is 11.8 Å². The Hall–Kier alpha value is -1.14. The number of hydrogen-bond donors (Lipinski definition) is 2. The van der Waals surface area contributed by atoms with Crippen molar-refractivity contribution >= 4 is 11.8 Å². The molecule has 0 aromatic heterocycles. The summed E-state index contributed by atoms with van der Waals surface area (Å²) in [6.07, 6.45) is 0.836. The molecule has 1 aliphatic rings. The number of nitrogens with two attached hydrogens (primary N) is 1. The standard InChI is InChI=1S/C13H25N3O3/c1-4-9(3)11(14)13(18)16-6-7-19-8-10(16)12(17)15-5-2/h9-11H,4-8,14H2,1-3H3,(H,15,17)/t9-,10?,11-/m0/s1. The third-order valence-corrected chi connectivity index (χ3v) is 3.61. The maximum Gasteiger partial charge on any atom is 0.245 e. The van der Waals surface area contributed by atoms with Crippen molar-refractivity contribution in [2.24, 2.45) is 11.7 Å². The Morgan fingerprint density at radius 2 is 2.16 bits per heavy atom. The second kappa shape index (κ2) is 7.45. The van der Waals surface area contributed by atoms with Crippen LogP contribution < -0.4 is 11.1 Å². The number of nitrogens with one attached hydrogen (secondary N) is 1. The molecule has 1 aliphatic heterocycles. The number of carbonyl (C=O) groups is 2. The van der Waals surface area contributed by atoms with Gasteiger partial charge in [-0.2, -0.15) is 0 Å². The highest BCUT2D eigenvalue weighted by atomic mass is 16.5. The number of rotatable bonds is 5. The average molecular weight is 271 g/mol. The van der Waals surface area contributed by atoms with Gasteiger partial charge in [-0.3, -0.25) is 9.59 Å². The summed E-state index contributed by atoms with van der Waals surface area (Å²) in [7, 11) is 0. The predicted molar refractivity (Wildman–Crippen MR) is 72.4 cm³/mol. The van der Waals surface area contributed by atoms with Crippen molar-refractivity contribution in [1.82, 2.24) is 10.2 Å². The van der Waals surface area contributed by atoms with Gasteiger partial charge in [-0.1, -0.05) is 20.3 Å². The molecule has 0 aromatic carbocycles. The Bertz CT molecular complexity index is 322. The smallest absolute Gasteiger partial charge is 0.245 e. The molecule has 1 saturated heterocycles. The van der Waals surface area contributed by atoms with Gasteiger partial charge in [0.25, 0.3) is 0 Å². The molecule has 6 heteroatoms. The first kappa shape index (κ1) is 15.9. The lowest BCUT2D eigenvalue weighted by Gasteiger charge is -2.36. The molecule has 1 unspecified atom stereocenters. The third kappa shape index (κ3) is 3.91. The molecule has 0 spiro atoms. The van der Waals surface area contributed by atoms with E-state index in [4.69, 9.17) is 10.5 Å². The number of ether oxygens (including phenoxy) is 1. The number of carbonyl (C=O) groups excluding carboxylic acids is 2. The molecule has 0 aliphatic carbocycles. The molecule has 0 aromatic rings. The molecule has 0 saturated carbocycles. The SMILES string of the molecule is CCNC(=O)C1COCCN1C(=O)[C@@H](N)[C@@H](C)CC. The van der Waals surface area contributed by atoms with Crippen LogP contribution in [0.15, 0.2) is 0 Å². The van der Waals surface area contributed by atoms with E-state index in [1.807, 2.05) is 20.8 Å². The lowest BCUT2D eigenvalue weighted by Crippen LogP contribution is -2.60. The zero-order valence-corrected chi connectivity index (χ0v) is 12.0. The lowest BCUT2D eigenvalue weighted by molar-refractivity contribution is -0.150. The number of nitrogens with zero attached hydrogens (tertiary/aromatic N) is 1. The van der Waals surface area contributed by atoms with E-state index in [1.165, 1.54) is 0 Å². The number of amides is 2. The van der Waals surface area contributed by atoms with Crippen molar-refractivity contribution in [2.75, 3.05) is 26.3 Å². The third-order valence-electron chi connectivity index (χ3n) is 3.61. The van der Waals surface area contributed by atoms with Crippen LogP contribution in [-0.4, -0.2) is 55.1 Å². The van der Waals surface area contributed by atoms with Gasteiger partial charge >= 0.3 is 0 Å². The van der Waals surface area contributed by atoms with Crippen LogP contribution in [0, 0.1) is 5.92 Å². The van der Waals surface area contributed by atoms with Crippen molar-refractivity contribution in [2.45, 2.75) is 39.3 Å². The first-order chi connectivity index (χ1) is 9.02. The van der Waals surface area contributed by atoms with Gasteiger partial charge < -0.3 is 20.7 Å². The molecular formula is C13H25N3O3. The van der Waals surface area contributed by atoms with Gasteiger partial charge in [0, 0.05) is 13.1 Å². The summed E-state index contributed by atoms with van der Waals surface area (Å²) >= 11 is 0. The zero-order valence-electron chi connectivity index (χ0n) is 12.0. The van der Waals surface area contributed by atoms with E-state index in [2.05, 4.69) is 5.32 Å². The molecular weight excluding hydrogens is 246 g/mol. The van der Waals surface area contributed by atoms with E-state index in [0.717, 1.165) is 6.42 Å². The highest BCUT2D eigenvalue weighted by Gasteiger charge is 2.35. The average Bonchev–Trinajstić information content (AvgIpc) is 2.45. The largest absolute Gasteiger partial charge is 0.377 e. The van der Waals surface area contributed by atoms with Gasteiger partial charge in [-0.15, -0.1) is 0 Å². The lowest BCUT2D eigenvalue weighted by atomic mass is 9.98. The molecule has 110 valence electrons. The van der Waals surface area contributed by atoms with Crippen molar-refractivity contribution in [3.05, 3.63) is 0 Å². The summed E-state index contributed by atoms with van der Waals surface area (Å²) in [5, 5.41) is 2.73. The Morgan fingerprint density at radius 3 is 2.74 bits per heavy atom. The molecule has 1 heterocycles. The first-order valence-electron chi connectivity index (χ1n) is 6.94. The molecule has 6 nitrogen and oxygen atoms in total. The first-order valence-corrected chi connectivity index (χ1v) is 6.94. The van der Waals surface area contributed by atoms with E-state index in [9.17, 15) is 9.59 Å². The summed E-state index contributed by atoms with van der Waals surface area (Å²) in [5.74, 6) is -0.231. The van der Waals surface area contributed by atoms with Gasteiger partial charge in [0.15, 0.2) is 0 Å². The minimum atomic E-state index is -0.559. The minimum Gasteiger partial charge on any atom is -0.377 e. The quantitative estimate of drug-likeness (QED) is 0.720. The van der Waals surface area contributed by atoms with Crippen molar-refractivity contribution in [3.63, 3.8) is 0 Å². The fraction of sp³-hybridized carbons (Fsp3) is 0.846. The fourth-order valence-corrected chi connectivity index (χ4v) is 2.07. The second-order valence-corrected chi connectivity index (χ2v) is 4.93. The number of likely N-dealkylation sites (N-methyl/N-ethyl adjacent to an activating group) is 1. The highest BCUT2D eigenvalue weighted by molar-refractivity contribution is 5.90. The van der Waals surface area contributed by atoms with Crippen molar-refractivity contribution in [3.8, 4) is 0 Å². The molecule has 0 bridgehead atoms. The van der Waals surface area contributed by atoms with E-state index < -0.39 is 12.1 Å². The molecule has 0 radical (unpaired) electrons. The van der Waals surface area contributed by atoms with Gasteiger partial charge in [0.05, 0.1) is 19.3 Å². The Morgan fingerprint density at radius 1 is 1.47 bits per heavy atom. The summed E-state index contributed by atoms with van der Waals surface area (Å²) < 4.78 is 5.30. The number of hydrogen-bond acceptors (Lipinski definition) is 4. The second-order valence-electron chi connectivity index (χ2n) is 4.93. The normalized spacial score (nSPS) is 22.7. The van der Waals surface area contributed by atoms with Gasteiger partial charge in [0.1, 0.15) is 6.04 Å². The Labute approximate surface area is 114 Å². The highest BCUT2D eigenvalue weighted by Crippen LogP contribution is 2.14. The van der Waals surface area contributed by atoms with Crippen LogP contribution in [0.1, 0.15) is 27.2 Å². The molecule has 2 amide bonds. The molecule has 3 N–H and O–H groups in total. The summed E-state index contributed by atoms with van der Waals surface area (Å²) in [5.41, 5.74) is 5.97. The van der Waals surface area contributed by atoms with Crippen LogP contribution in [0.25, 0.3) is 0 Å². The molecule has 1 fully saturated rings. The maximum absolute atomic E-state index is 12.4. The van der Waals surface area contributed by atoms with Gasteiger partial charge in [-0.25, -0.2) is 0 Å². The van der Waals surface area contributed by atoms with E-state index >= 15 is 0 Å². The van der Waals surface area contributed by atoms with Crippen LogP contribution in [0.5, 0.6) is 0 Å². The van der Waals surface area contributed by atoms with Gasteiger partial charge in [-0.05, 0) is 12.8 Å². The van der Waals surface area contributed by atoms with Crippen LogP contribution in [0.4, 0.5) is 0 Å². The summed E-state index contributed by atoms with van der Waals surface area (Å²) in [6, 6.07) is -1.11. The van der Waals surface area contributed by atoms with E-state index in [-0.39, 0.29) is 24.3 Å². The molecule has 1 rings (SSSR count). The van der Waals surface area contributed by atoms with E-state index in [0.29, 0.717) is 19.7 Å². The Balaban J connectivity index is 2.76. The predicted octanol–water partition coefficient (Wildman–Crippen LogP) is -0.277. The summed E-state index contributed by atoms with van der Waals surface area (Å²) in [4.78, 5) is 25.9.